The van der Waals surface area contributed by atoms with Crippen LogP contribution in [-0.4, -0.2) is 148 Å². The van der Waals surface area contributed by atoms with Crippen molar-refractivity contribution in [1.29, 1.82) is 0 Å². The molecule has 6 aliphatic rings. The van der Waals surface area contributed by atoms with Crippen LogP contribution in [-0.2, 0) is 39.5 Å². The lowest BCUT2D eigenvalue weighted by Gasteiger charge is -2.39. The highest BCUT2D eigenvalue weighted by molar-refractivity contribution is 6.17. The Kier molecular flexibility index (Phi) is 18.9. The minimum absolute atomic E-state index is 0.108. The Morgan fingerprint density at radius 1 is 0.605 bits per heavy atom. The molecule has 0 spiro atoms. The maximum absolute atomic E-state index is 13.0. The maximum Gasteiger partial charge on any atom is 0.343 e. The normalized spacial score (nSPS) is 19.4. The van der Waals surface area contributed by atoms with Crippen molar-refractivity contribution < 1.29 is 76.3 Å². The Balaban J connectivity index is 0.000000186. The standard InChI is InChI=1S/C24H27NO8.C23H24ClNO7.C8H19N.CH4O/c1-25-9-8-12-14(10-27-2)20-23(32-11-31-20)22(30-5)16(12)18(25)19-13-6-7-15(28-3)21(29-4)17(13)24(26)33-19;1-25-8-7-11-13(9-24)19-22(31-10-30-19)21(29-4)15(11)17(25)18-12-5-6-14(27-2)20(28-3)16(12)23(26)32-18;1-6-9(7(2)3)8(4)5;1-2/h6-7,18-19H,8-11H2,1-5H3;5-6,17-18H,7-10H2,1-4H3;7-8H,6H2,1-5H3;2H,1H3/t18-,19+;17-,18+;;/m11../s1. The highest BCUT2D eigenvalue weighted by Gasteiger charge is 2.49. The predicted molar refractivity (Wildman–Crippen MR) is 283 cm³/mol. The molecule has 4 aromatic rings. The number of fused-ring (bicyclic) bond motifs is 6. The van der Waals surface area contributed by atoms with Gasteiger partial charge in [-0.2, -0.15) is 0 Å². The molecule has 76 heavy (non-hydrogen) atoms. The molecule has 0 saturated carbocycles. The van der Waals surface area contributed by atoms with E-state index in [1.807, 2.05) is 26.2 Å². The second-order valence-electron chi connectivity index (χ2n) is 19.1. The quantitative estimate of drug-likeness (QED) is 0.0937. The second kappa shape index (κ2) is 24.9. The van der Waals surface area contributed by atoms with Crippen LogP contribution < -0.4 is 47.4 Å². The van der Waals surface area contributed by atoms with E-state index in [0.29, 0.717) is 87.3 Å². The Morgan fingerprint density at radius 3 is 1.34 bits per heavy atom. The average molecular weight is 1080 g/mol. The first kappa shape index (κ1) is 57.6. The number of halogens is 1. The molecule has 0 amide bonds. The van der Waals surface area contributed by atoms with Crippen molar-refractivity contribution in [2.75, 3.05) is 104 Å². The fourth-order valence-corrected chi connectivity index (χ4v) is 11.9. The van der Waals surface area contributed by atoms with Gasteiger partial charge in [0.2, 0.25) is 25.1 Å². The molecule has 0 aromatic heterocycles. The van der Waals surface area contributed by atoms with Gasteiger partial charge in [-0.3, -0.25) is 14.7 Å². The number of alkyl halides is 1. The number of cyclic esters (lactones) is 2. The van der Waals surface area contributed by atoms with Crippen LogP contribution in [0, 0.1) is 0 Å². The number of hydrogen-bond acceptors (Lipinski definition) is 19. The van der Waals surface area contributed by atoms with Crippen molar-refractivity contribution in [2.45, 2.75) is 96.3 Å². The molecule has 1 N–H and O–H groups in total. The van der Waals surface area contributed by atoms with Crippen LogP contribution in [0.25, 0.3) is 0 Å². The molecule has 6 heterocycles. The molecule has 416 valence electrons. The van der Waals surface area contributed by atoms with Gasteiger partial charge >= 0.3 is 11.9 Å². The zero-order valence-corrected chi connectivity index (χ0v) is 47.2. The van der Waals surface area contributed by atoms with E-state index in [1.165, 1.54) is 28.4 Å². The van der Waals surface area contributed by atoms with Crippen molar-refractivity contribution in [3.63, 3.8) is 0 Å². The van der Waals surface area contributed by atoms with Gasteiger partial charge in [-0.1, -0.05) is 19.1 Å². The van der Waals surface area contributed by atoms with E-state index in [4.69, 9.17) is 78.3 Å². The Morgan fingerprint density at radius 2 is 1.00 bits per heavy atom. The lowest BCUT2D eigenvalue weighted by atomic mass is 9.83. The first-order chi connectivity index (χ1) is 36.7. The monoisotopic (exact) mass is 1080 g/mol. The van der Waals surface area contributed by atoms with Crippen molar-refractivity contribution in [3.8, 4) is 57.5 Å². The third-order valence-electron chi connectivity index (χ3n) is 14.8. The van der Waals surface area contributed by atoms with Gasteiger partial charge in [-0.25, -0.2) is 9.59 Å². The second-order valence-corrected chi connectivity index (χ2v) is 19.3. The summed E-state index contributed by atoms with van der Waals surface area (Å²) in [5.74, 6) is 4.67. The van der Waals surface area contributed by atoms with Crippen molar-refractivity contribution >= 4 is 23.5 Å². The summed E-state index contributed by atoms with van der Waals surface area (Å²) in [6.07, 6.45) is 0.393. The summed E-state index contributed by atoms with van der Waals surface area (Å²) >= 11 is 6.36. The summed E-state index contributed by atoms with van der Waals surface area (Å²) < 4.78 is 74.0. The number of carbonyl (C=O) groups excluding carboxylic acids is 2. The summed E-state index contributed by atoms with van der Waals surface area (Å²) in [6, 6.07) is 8.07. The van der Waals surface area contributed by atoms with Crippen LogP contribution in [0.2, 0.25) is 0 Å². The number of likely N-dealkylation sites (N-methyl/N-ethyl adjacent to an activating group) is 2. The minimum Gasteiger partial charge on any atom is -0.493 e. The van der Waals surface area contributed by atoms with Crippen LogP contribution in [0.5, 0.6) is 57.5 Å². The van der Waals surface area contributed by atoms with Gasteiger partial charge in [0.25, 0.3) is 0 Å². The fraction of sp³-hybridized carbons (Fsp3) is 0.536. The Hall–Kier alpha value is -6.09. The molecule has 0 radical (unpaired) electrons. The number of methoxy groups -OCH3 is 7. The predicted octanol–water partition coefficient (Wildman–Crippen LogP) is 8.38. The molecule has 19 nitrogen and oxygen atoms in total. The van der Waals surface area contributed by atoms with Crippen LogP contribution in [0.4, 0.5) is 0 Å². The topological polar surface area (TPSA) is 184 Å². The highest BCUT2D eigenvalue weighted by atomic mass is 35.5. The van der Waals surface area contributed by atoms with Crippen LogP contribution in [0.3, 0.4) is 0 Å². The molecular formula is C56H74ClN3O16. The maximum atomic E-state index is 13.0. The number of nitrogens with zero attached hydrogens (tertiary/aromatic N) is 3. The number of benzene rings is 4. The number of ether oxygens (including phenoxy) is 13. The van der Waals surface area contributed by atoms with Crippen molar-refractivity contribution in [1.82, 2.24) is 14.7 Å². The zero-order chi connectivity index (χ0) is 55.3. The number of aliphatic hydroxyl groups excluding tert-OH is 1. The third-order valence-corrected chi connectivity index (χ3v) is 15.0. The van der Waals surface area contributed by atoms with Gasteiger partial charge in [0.15, 0.2) is 46.0 Å². The van der Waals surface area contributed by atoms with Gasteiger partial charge in [-0.05, 0) is 84.4 Å². The molecule has 4 atom stereocenters. The fourth-order valence-electron chi connectivity index (χ4n) is 11.6. The van der Waals surface area contributed by atoms with E-state index < -0.39 is 24.1 Å². The molecule has 0 bridgehead atoms. The number of hydrogen-bond donors (Lipinski definition) is 1. The number of carbonyl (C=O) groups is 2. The highest BCUT2D eigenvalue weighted by Crippen LogP contribution is 2.59. The zero-order valence-electron chi connectivity index (χ0n) is 46.4. The molecule has 0 unspecified atom stereocenters. The summed E-state index contributed by atoms with van der Waals surface area (Å²) in [5.41, 5.74) is 8.04. The van der Waals surface area contributed by atoms with Crippen LogP contribution in [0.15, 0.2) is 24.3 Å². The molecule has 0 saturated heterocycles. The molecule has 4 aromatic carbocycles. The summed E-state index contributed by atoms with van der Waals surface area (Å²) in [7, 11) is 16.0. The van der Waals surface area contributed by atoms with Gasteiger partial charge in [-0.15, -0.1) is 11.6 Å². The van der Waals surface area contributed by atoms with Crippen LogP contribution in [0.1, 0.15) is 124 Å². The first-order valence-corrected chi connectivity index (χ1v) is 25.8. The largest absolute Gasteiger partial charge is 0.493 e. The Labute approximate surface area is 450 Å². The Bertz CT molecular complexity index is 2740. The van der Waals surface area contributed by atoms with E-state index >= 15 is 0 Å². The van der Waals surface area contributed by atoms with E-state index in [-0.39, 0.29) is 31.5 Å². The SMILES string of the molecule is CCN(C(C)C)C(C)C.CO.COCc1c2c(c(OC)c3c1OCO3)[C@H]([C@H]1OC(=O)c3c1ccc(OC)c3OC)N(C)CC2.COc1ccc2c(c1OC)C(=O)O[C@@H]2[C@H]1c2c(c(CCl)c3c(c2OC)OCO3)CCN1C. The smallest absolute Gasteiger partial charge is 0.343 e. The molecule has 0 fully saturated rings. The van der Waals surface area contributed by atoms with Gasteiger partial charge < -0.3 is 66.7 Å². The van der Waals surface area contributed by atoms with E-state index in [0.717, 1.165) is 84.1 Å². The molecule has 0 aliphatic carbocycles. The molecular weight excluding hydrogens is 1010 g/mol. The minimum atomic E-state index is -0.571. The molecule has 20 heteroatoms. The van der Waals surface area contributed by atoms with Gasteiger partial charge in [0, 0.05) is 72.8 Å². The summed E-state index contributed by atoms with van der Waals surface area (Å²) in [6.45, 7) is 14.4. The first-order valence-electron chi connectivity index (χ1n) is 25.3. The van der Waals surface area contributed by atoms with E-state index in [2.05, 4.69) is 49.3 Å². The summed E-state index contributed by atoms with van der Waals surface area (Å²) in [5, 5.41) is 7.00. The number of aliphatic hydroxyl groups is 1. The van der Waals surface area contributed by atoms with Crippen LogP contribution >= 0.6 is 11.6 Å². The van der Waals surface area contributed by atoms with E-state index in [9.17, 15) is 9.59 Å². The molecule has 10 rings (SSSR count). The van der Waals surface area contributed by atoms with Gasteiger partial charge in [0.1, 0.15) is 23.3 Å². The number of rotatable bonds is 14. The average Bonchev–Trinajstić information content (AvgIpc) is 4.26. The molecule has 6 aliphatic heterocycles. The lowest BCUT2D eigenvalue weighted by molar-refractivity contribution is 0.00797. The van der Waals surface area contributed by atoms with Crippen molar-refractivity contribution in [2.24, 2.45) is 0 Å². The van der Waals surface area contributed by atoms with Gasteiger partial charge in [0.05, 0.1) is 67.2 Å². The van der Waals surface area contributed by atoms with E-state index in [1.54, 1.807) is 33.5 Å². The summed E-state index contributed by atoms with van der Waals surface area (Å²) in [4.78, 5) is 32.8. The number of esters is 2. The van der Waals surface area contributed by atoms with Crippen molar-refractivity contribution in [3.05, 3.63) is 79.9 Å². The third kappa shape index (κ3) is 10.2. The lowest BCUT2D eigenvalue weighted by Crippen LogP contribution is -2.37.